The Hall–Kier alpha value is -4.06. The fourth-order valence-corrected chi connectivity index (χ4v) is 9.07. The van der Waals surface area contributed by atoms with Gasteiger partial charge in [-0.3, -0.25) is 14.9 Å². The van der Waals surface area contributed by atoms with Crippen LogP contribution >= 0.6 is 0 Å². The van der Waals surface area contributed by atoms with Gasteiger partial charge in [-0.15, -0.1) is 0 Å². The van der Waals surface area contributed by atoms with Crippen molar-refractivity contribution in [3.63, 3.8) is 0 Å². The van der Waals surface area contributed by atoms with Crippen LogP contribution in [0.15, 0.2) is 47.5 Å². The van der Waals surface area contributed by atoms with E-state index in [-0.39, 0.29) is 58.4 Å². The fraction of sp³-hybridized carbons (Fsp3) is 0.561. The van der Waals surface area contributed by atoms with E-state index in [4.69, 9.17) is 9.88 Å². The van der Waals surface area contributed by atoms with Crippen molar-refractivity contribution >= 4 is 40.3 Å². The van der Waals surface area contributed by atoms with Gasteiger partial charge in [0, 0.05) is 57.4 Å². The number of nitrogens with two attached hydrogens (primary N) is 1. The third-order valence-corrected chi connectivity index (χ3v) is 12.4. The number of methoxy groups -OCH3 is 1. The molecule has 4 fully saturated rings. The molecule has 11 nitrogen and oxygen atoms in total. The van der Waals surface area contributed by atoms with E-state index in [1.165, 1.54) is 44.2 Å². The van der Waals surface area contributed by atoms with Gasteiger partial charge in [0.15, 0.2) is 0 Å². The van der Waals surface area contributed by atoms with E-state index in [9.17, 15) is 35.8 Å². The lowest BCUT2D eigenvalue weighted by atomic mass is 9.83. The average molecular weight is 834 g/mol. The molecule has 17 heteroatoms. The zero-order chi connectivity index (χ0) is 41.6. The summed E-state index contributed by atoms with van der Waals surface area (Å²) in [4.78, 5) is 35.4. The number of carbonyl (C=O) groups excluding carboxylic acids is 2. The maximum atomic E-state index is 15.0. The lowest BCUT2D eigenvalue weighted by Crippen LogP contribution is -2.45. The van der Waals surface area contributed by atoms with Crippen LogP contribution in [0.5, 0.6) is 0 Å². The zero-order valence-electron chi connectivity index (χ0n) is 32.8. The molecular formula is C41H52F5N7O4S. The first-order valence-corrected chi connectivity index (χ1v) is 21.2. The van der Waals surface area contributed by atoms with Crippen molar-refractivity contribution < 1.29 is 40.5 Å². The van der Waals surface area contributed by atoms with Gasteiger partial charge in [0.25, 0.3) is 0 Å². The summed E-state index contributed by atoms with van der Waals surface area (Å²) in [5.41, 5.74) is 0.327. The highest BCUT2D eigenvalue weighted by molar-refractivity contribution is 7.82. The van der Waals surface area contributed by atoms with Crippen molar-refractivity contribution in [2.24, 2.45) is 17.0 Å². The molecule has 0 bridgehead atoms. The number of hydrogen-bond acceptors (Lipinski definition) is 9. The Kier molecular flexibility index (Phi) is 14.5. The fourth-order valence-electron chi connectivity index (χ4n) is 8.65. The highest BCUT2D eigenvalue weighted by Crippen LogP contribution is 2.38. The lowest BCUT2D eigenvalue weighted by molar-refractivity contribution is -0.138. The van der Waals surface area contributed by atoms with E-state index in [0.717, 1.165) is 56.4 Å². The molecule has 3 aromatic rings. The molecule has 3 saturated heterocycles. The van der Waals surface area contributed by atoms with Gasteiger partial charge in [-0.2, -0.15) is 18.2 Å². The lowest BCUT2D eigenvalue weighted by Gasteiger charge is -2.40. The number of aromatic nitrogens is 2. The van der Waals surface area contributed by atoms with Crippen molar-refractivity contribution in [2.75, 3.05) is 50.1 Å². The highest BCUT2D eigenvalue weighted by atomic mass is 32.2. The number of nitrogens with one attached hydrogen (secondary N) is 2. The monoisotopic (exact) mass is 833 g/mol. The van der Waals surface area contributed by atoms with Crippen LogP contribution in [0.4, 0.5) is 39.4 Å². The second-order valence-electron chi connectivity index (χ2n) is 15.9. The Bertz CT molecular complexity index is 1950. The Balaban J connectivity index is 0.000000196. The summed E-state index contributed by atoms with van der Waals surface area (Å²) in [6.07, 6.45) is 6.16. The third kappa shape index (κ3) is 11.0. The van der Waals surface area contributed by atoms with Crippen molar-refractivity contribution in [2.45, 2.75) is 100 Å². The van der Waals surface area contributed by atoms with E-state index in [2.05, 4.69) is 25.5 Å². The number of hydrogen-bond donors (Lipinski definition) is 3. The first-order chi connectivity index (χ1) is 27.7. The number of ether oxygens (including phenoxy) is 1. The van der Waals surface area contributed by atoms with Crippen molar-refractivity contribution in [3.05, 3.63) is 70.9 Å². The second kappa shape index (κ2) is 19.3. The van der Waals surface area contributed by atoms with Crippen molar-refractivity contribution in [1.29, 1.82) is 0 Å². The first kappa shape index (κ1) is 43.5. The molecule has 0 spiro atoms. The number of likely N-dealkylation sites (tertiary alicyclic amines) is 1. The predicted octanol–water partition coefficient (Wildman–Crippen LogP) is 7.33. The predicted molar refractivity (Wildman–Crippen MR) is 211 cm³/mol. The summed E-state index contributed by atoms with van der Waals surface area (Å²) in [6, 6.07) is 8.85. The molecule has 4 heterocycles. The van der Waals surface area contributed by atoms with Gasteiger partial charge in [0.2, 0.25) is 17.8 Å². The summed E-state index contributed by atoms with van der Waals surface area (Å²) < 4.78 is 86.4. The molecule has 7 rings (SSSR count). The van der Waals surface area contributed by atoms with E-state index in [0.29, 0.717) is 31.3 Å². The van der Waals surface area contributed by atoms with Crippen LogP contribution in [-0.2, 0) is 31.5 Å². The number of imide groups is 1. The van der Waals surface area contributed by atoms with Crippen LogP contribution in [0.3, 0.4) is 0 Å². The molecule has 2 aromatic carbocycles. The second-order valence-corrected chi connectivity index (χ2v) is 17.0. The van der Waals surface area contributed by atoms with Crippen molar-refractivity contribution in [1.82, 2.24) is 20.2 Å². The Morgan fingerprint density at radius 1 is 0.966 bits per heavy atom. The standard InChI is InChI=1S/C24H33FN2O3.C17H19F4N5OS/c1-30-22-15-27(14-16-5-3-2-4-6-16)12-11-18(22)17-7-8-19(21(25)13-17)20-9-10-23(28)26-24(20)29;1-10-3-2-6-26(9-10)15-12(17(19,20)21)8-23-16(25-15)24-14-5-4-11(28(22)27)7-13(14)18/h7-8,13,16,18,20,22H,2-6,9-12,14-15H2,1H3,(H,26,28,29);4-5,7-8,10H,2-3,6,9,22H2,1H3,(H,23,24,25). The number of benzene rings is 2. The Labute approximate surface area is 338 Å². The topological polar surface area (TPSA) is 143 Å². The number of halogens is 5. The van der Waals surface area contributed by atoms with Crippen LogP contribution in [0.2, 0.25) is 0 Å². The maximum Gasteiger partial charge on any atom is 0.421 e. The zero-order valence-corrected chi connectivity index (χ0v) is 33.6. The number of anilines is 3. The third-order valence-electron chi connectivity index (χ3n) is 11.7. The minimum absolute atomic E-state index is 0.0446. The highest BCUT2D eigenvalue weighted by Gasteiger charge is 2.38. The first-order valence-electron chi connectivity index (χ1n) is 20.0. The molecular weight excluding hydrogens is 782 g/mol. The molecule has 2 amide bonds. The maximum absolute atomic E-state index is 15.0. The number of amides is 2. The minimum atomic E-state index is -4.60. The summed E-state index contributed by atoms with van der Waals surface area (Å²) >= 11 is 0. The quantitative estimate of drug-likeness (QED) is 0.149. The van der Waals surface area contributed by atoms with Crippen LogP contribution in [0, 0.1) is 23.5 Å². The van der Waals surface area contributed by atoms with Crippen LogP contribution in [0.1, 0.15) is 99.7 Å². The molecule has 316 valence electrons. The van der Waals surface area contributed by atoms with Crippen molar-refractivity contribution in [3.8, 4) is 0 Å². The van der Waals surface area contributed by atoms with Gasteiger partial charge in [0.05, 0.1) is 22.6 Å². The summed E-state index contributed by atoms with van der Waals surface area (Å²) in [6.45, 7) is 5.92. The molecule has 1 aliphatic carbocycles. The Morgan fingerprint density at radius 3 is 2.40 bits per heavy atom. The van der Waals surface area contributed by atoms with E-state index < -0.39 is 40.4 Å². The summed E-state index contributed by atoms with van der Waals surface area (Å²) in [7, 11) is -0.102. The van der Waals surface area contributed by atoms with Gasteiger partial charge < -0.3 is 19.9 Å². The largest absolute Gasteiger partial charge is 0.421 e. The van der Waals surface area contributed by atoms with E-state index >= 15 is 0 Å². The van der Waals surface area contributed by atoms with E-state index in [1.54, 1.807) is 24.1 Å². The van der Waals surface area contributed by atoms with Gasteiger partial charge in [-0.25, -0.2) is 23.1 Å². The van der Waals surface area contributed by atoms with Gasteiger partial charge in [-0.1, -0.05) is 38.3 Å². The van der Waals surface area contributed by atoms with Crippen LogP contribution in [0.25, 0.3) is 0 Å². The van der Waals surface area contributed by atoms with E-state index in [1.807, 2.05) is 13.0 Å². The number of rotatable bonds is 9. The molecule has 5 unspecified atom stereocenters. The number of nitrogens with zero attached hydrogens (tertiary/aromatic N) is 4. The van der Waals surface area contributed by atoms with Gasteiger partial charge in [-0.05, 0) is 86.7 Å². The molecule has 58 heavy (non-hydrogen) atoms. The Morgan fingerprint density at radius 2 is 1.74 bits per heavy atom. The minimum Gasteiger partial charge on any atom is -0.379 e. The molecule has 4 aliphatic rings. The number of carbonyl (C=O) groups is 2. The normalized spacial score (nSPS) is 24.1. The molecule has 5 atom stereocenters. The average Bonchev–Trinajstić information content (AvgIpc) is 3.19. The number of alkyl halides is 3. The summed E-state index contributed by atoms with van der Waals surface area (Å²) in [5.74, 6) is -1.59. The molecule has 1 saturated carbocycles. The van der Waals surface area contributed by atoms with Crippen LogP contribution in [-0.4, -0.2) is 76.8 Å². The number of piperidine rings is 3. The van der Waals surface area contributed by atoms with Crippen LogP contribution < -0.4 is 20.7 Å². The molecule has 0 radical (unpaired) electrons. The molecule has 1 aromatic heterocycles. The molecule has 3 aliphatic heterocycles. The van der Waals surface area contributed by atoms with Gasteiger partial charge >= 0.3 is 6.18 Å². The van der Waals surface area contributed by atoms with Gasteiger partial charge in [0.1, 0.15) is 34.0 Å². The molecule has 4 N–H and O–H groups in total. The summed E-state index contributed by atoms with van der Waals surface area (Å²) in [5, 5.41) is 10.1. The smallest absolute Gasteiger partial charge is 0.379 e. The SMILES string of the molecule is CC1CCCN(c2nc(Nc3ccc(S(N)=O)cc3F)ncc2C(F)(F)F)C1.COC1CN(CC2CCCCC2)CCC1c1ccc(C2CCC(=O)NC2=O)c(F)c1.